The van der Waals surface area contributed by atoms with Gasteiger partial charge in [-0.05, 0) is 32.0 Å². The van der Waals surface area contributed by atoms with Gasteiger partial charge in [-0.1, -0.05) is 26.8 Å². The van der Waals surface area contributed by atoms with Gasteiger partial charge in [0, 0.05) is 29.9 Å². The van der Waals surface area contributed by atoms with Crippen molar-refractivity contribution in [3.8, 4) is 0 Å². The summed E-state index contributed by atoms with van der Waals surface area (Å²) >= 11 is 1.80. The number of nitrogens with one attached hydrogen (secondary N) is 2. The van der Waals surface area contributed by atoms with Crippen LogP contribution in [0.1, 0.15) is 32.6 Å². The molecule has 0 aliphatic carbocycles. The van der Waals surface area contributed by atoms with Crippen molar-refractivity contribution in [3.05, 3.63) is 22.4 Å². The van der Waals surface area contributed by atoms with Crippen molar-refractivity contribution in [1.29, 1.82) is 0 Å². The van der Waals surface area contributed by atoms with Gasteiger partial charge in [0.05, 0.1) is 6.54 Å². The number of hydrogen-bond donors (Lipinski definition) is 2. The SMILES string of the molecule is CCNC(=NCC(C)(C)c1cccs1)NCCN(C)CC.I. The van der Waals surface area contributed by atoms with Gasteiger partial charge in [0.1, 0.15) is 0 Å². The molecule has 0 saturated heterocycles. The molecule has 0 aromatic carbocycles. The molecule has 1 rings (SSSR count). The molecule has 2 N–H and O–H groups in total. The maximum atomic E-state index is 4.75. The standard InChI is InChI=1S/C16H30N4S.HI/c1-6-17-15(18-10-11-20(5)7-2)19-13-16(3,4)14-9-8-12-21-14;/h8-9,12H,6-7,10-11,13H2,1-5H3,(H2,17,18,19);1H. The highest BCUT2D eigenvalue weighted by Gasteiger charge is 2.21. The Labute approximate surface area is 156 Å². The predicted molar refractivity (Wildman–Crippen MR) is 110 cm³/mol. The fourth-order valence-corrected chi connectivity index (χ4v) is 2.73. The molecule has 0 atom stereocenters. The Bertz CT molecular complexity index is 418. The van der Waals surface area contributed by atoms with Gasteiger partial charge in [0.2, 0.25) is 0 Å². The zero-order valence-electron chi connectivity index (χ0n) is 14.5. The van der Waals surface area contributed by atoms with Crippen LogP contribution in [0.2, 0.25) is 0 Å². The Kier molecular flexibility index (Phi) is 11.1. The van der Waals surface area contributed by atoms with E-state index in [1.807, 2.05) is 0 Å². The molecule has 1 heterocycles. The first kappa shape index (κ1) is 21.7. The lowest BCUT2D eigenvalue weighted by Gasteiger charge is -2.22. The molecule has 1 aromatic rings. The normalized spacial score (nSPS) is 12.2. The molecular weight excluding hydrogens is 407 g/mol. The summed E-state index contributed by atoms with van der Waals surface area (Å²) < 4.78 is 0. The summed E-state index contributed by atoms with van der Waals surface area (Å²) in [6, 6.07) is 4.30. The number of halogens is 1. The number of aliphatic imine (C=N–C) groups is 1. The van der Waals surface area contributed by atoms with E-state index in [4.69, 9.17) is 4.99 Å². The smallest absolute Gasteiger partial charge is 0.191 e. The number of thiophene rings is 1. The van der Waals surface area contributed by atoms with Crippen LogP contribution in [-0.2, 0) is 5.41 Å². The van der Waals surface area contributed by atoms with Gasteiger partial charge in [0.15, 0.2) is 5.96 Å². The third kappa shape index (κ3) is 7.78. The van der Waals surface area contributed by atoms with Crippen molar-refractivity contribution in [2.45, 2.75) is 33.1 Å². The maximum absolute atomic E-state index is 4.75. The molecule has 0 unspecified atom stereocenters. The fourth-order valence-electron chi connectivity index (χ4n) is 1.88. The van der Waals surface area contributed by atoms with Crippen LogP contribution in [0.3, 0.4) is 0 Å². The maximum Gasteiger partial charge on any atom is 0.191 e. The summed E-state index contributed by atoms with van der Waals surface area (Å²) in [4.78, 5) is 8.41. The molecule has 0 radical (unpaired) electrons. The third-order valence-electron chi connectivity index (χ3n) is 3.49. The van der Waals surface area contributed by atoms with Crippen molar-refractivity contribution in [3.63, 3.8) is 0 Å². The van der Waals surface area contributed by atoms with Gasteiger partial charge in [-0.25, -0.2) is 0 Å². The lowest BCUT2D eigenvalue weighted by molar-refractivity contribution is 0.357. The first-order chi connectivity index (χ1) is 9.99. The molecule has 4 nitrogen and oxygen atoms in total. The molecule has 0 fully saturated rings. The van der Waals surface area contributed by atoms with Crippen LogP contribution in [-0.4, -0.2) is 50.6 Å². The van der Waals surface area contributed by atoms with Crippen LogP contribution < -0.4 is 10.6 Å². The van der Waals surface area contributed by atoms with Gasteiger partial charge in [0.25, 0.3) is 0 Å². The summed E-state index contributed by atoms with van der Waals surface area (Å²) in [6.45, 7) is 13.4. The number of hydrogen-bond acceptors (Lipinski definition) is 3. The summed E-state index contributed by atoms with van der Waals surface area (Å²) in [5, 5.41) is 8.85. The van der Waals surface area contributed by atoms with Crippen LogP contribution in [0, 0.1) is 0 Å². The summed E-state index contributed by atoms with van der Waals surface area (Å²) in [5.41, 5.74) is 0.0801. The van der Waals surface area contributed by atoms with Crippen LogP contribution in [0.5, 0.6) is 0 Å². The fraction of sp³-hybridized carbons (Fsp3) is 0.688. The lowest BCUT2D eigenvalue weighted by atomic mass is 9.92. The highest BCUT2D eigenvalue weighted by molar-refractivity contribution is 14.0. The van der Waals surface area contributed by atoms with E-state index in [9.17, 15) is 0 Å². The second kappa shape index (κ2) is 11.2. The largest absolute Gasteiger partial charge is 0.357 e. The highest BCUT2D eigenvalue weighted by Crippen LogP contribution is 2.27. The van der Waals surface area contributed by atoms with E-state index >= 15 is 0 Å². The van der Waals surface area contributed by atoms with Crippen molar-refractivity contribution in [2.24, 2.45) is 4.99 Å². The van der Waals surface area contributed by atoms with E-state index < -0.39 is 0 Å². The molecule has 22 heavy (non-hydrogen) atoms. The minimum Gasteiger partial charge on any atom is -0.357 e. The van der Waals surface area contributed by atoms with E-state index in [0.29, 0.717) is 0 Å². The van der Waals surface area contributed by atoms with Crippen molar-refractivity contribution in [1.82, 2.24) is 15.5 Å². The zero-order valence-corrected chi connectivity index (χ0v) is 17.6. The van der Waals surface area contributed by atoms with Gasteiger partial charge in [-0.15, -0.1) is 35.3 Å². The Balaban J connectivity index is 0.00000441. The Morgan fingerprint density at radius 1 is 1.32 bits per heavy atom. The first-order valence-corrected chi connectivity index (χ1v) is 8.62. The first-order valence-electron chi connectivity index (χ1n) is 7.74. The average molecular weight is 438 g/mol. The molecule has 128 valence electrons. The van der Waals surface area contributed by atoms with E-state index in [0.717, 1.165) is 38.7 Å². The van der Waals surface area contributed by atoms with Crippen molar-refractivity contribution in [2.75, 3.05) is 39.8 Å². The van der Waals surface area contributed by atoms with Crippen LogP contribution in [0.25, 0.3) is 0 Å². The minimum atomic E-state index is 0. The van der Waals surface area contributed by atoms with Gasteiger partial charge < -0.3 is 15.5 Å². The van der Waals surface area contributed by atoms with E-state index in [2.05, 4.69) is 67.8 Å². The predicted octanol–water partition coefficient (Wildman–Crippen LogP) is 3.15. The summed E-state index contributed by atoms with van der Waals surface area (Å²) in [5.74, 6) is 0.909. The number of likely N-dealkylation sites (N-methyl/N-ethyl adjacent to an activating group) is 1. The highest BCUT2D eigenvalue weighted by atomic mass is 127. The van der Waals surface area contributed by atoms with Crippen LogP contribution in [0.4, 0.5) is 0 Å². The molecule has 0 saturated carbocycles. The van der Waals surface area contributed by atoms with Crippen molar-refractivity contribution >= 4 is 41.3 Å². The van der Waals surface area contributed by atoms with E-state index in [-0.39, 0.29) is 29.4 Å². The lowest BCUT2D eigenvalue weighted by Crippen LogP contribution is -2.41. The Hall–Kier alpha value is -0.340. The second-order valence-corrected chi connectivity index (χ2v) is 6.83. The quantitative estimate of drug-likeness (QED) is 0.372. The van der Waals surface area contributed by atoms with Gasteiger partial charge in [-0.3, -0.25) is 4.99 Å². The summed E-state index contributed by atoms with van der Waals surface area (Å²) in [6.07, 6.45) is 0. The average Bonchev–Trinajstić information content (AvgIpc) is 2.99. The third-order valence-corrected chi connectivity index (χ3v) is 4.73. The summed E-state index contributed by atoms with van der Waals surface area (Å²) in [7, 11) is 2.13. The van der Waals surface area contributed by atoms with E-state index in [1.54, 1.807) is 11.3 Å². The molecule has 0 spiro atoms. The Morgan fingerprint density at radius 3 is 2.59 bits per heavy atom. The second-order valence-electron chi connectivity index (χ2n) is 5.88. The van der Waals surface area contributed by atoms with E-state index in [1.165, 1.54) is 4.88 Å². The van der Waals surface area contributed by atoms with Crippen molar-refractivity contribution < 1.29 is 0 Å². The monoisotopic (exact) mass is 438 g/mol. The number of nitrogens with zero attached hydrogens (tertiary/aromatic N) is 2. The van der Waals surface area contributed by atoms with Crippen LogP contribution in [0.15, 0.2) is 22.5 Å². The number of rotatable bonds is 8. The number of guanidine groups is 1. The molecule has 6 heteroatoms. The minimum absolute atomic E-state index is 0. The molecule has 0 aliphatic rings. The Morgan fingerprint density at radius 2 is 2.05 bits per heavy atom. The van der Waals surface area contributed by atoms with Crippen LogP contribution >= 0.6 is 35.3 Å². The molecular formula is C16H31IN4S. The topological polar surface area (TPSA) is 39.7 Å². The van der Waals surface area contributed by atoms with Gasteiger partial charge >= 0.3 is 0 Å². The molecule has 0 bridgehead atoms. The molecule has 0 amide bonds. The van der Waals surface area contributed by atoms with Gasteiger partial charge in [-0.2, -0.15) is 0 Å². The molecule has 1 aromatic heterocycles. The molecule has 0 aliphatic heterocycles. The zero-order chi connectivity index (χ0) is 15.7.